The average molecular weight is 667 g/mol. The van der Waals surface area contributed by atoms with Crippen LogP contribution in [0.2, 0.25) is 0 Å². The molecule has 0 aliphatic carbocycles. The molecule has 0 aliphatic heterocycles. The van der Waals surface area contributed by atoms with Crippen molar-refractivity contribution in [2.45, 2.75) is 128 Å². The van der Waals surface area contributed by atoms with Crippen LogP contribution >= 0.6 is 0 Å². The molecular formula is C28H50N4O14. The molecule has 0 saturated carbocycles. The second-order valence-electron chi connectivity index (χ2n) is 12.7. The van der Waals surface area contributed by atoms with Crippen molar-refractivity contribution in [3.63, 3.8) is 0 Å². The van der Waals surface area contributed by atoms with Gasteiger partial charge >= 0.3 is 24.1 Å². The van der Waals surface area contributed by atoms with Crippen LogP contribution in [-0.4, -0.2) is 132 Å². The fourth-order valence-corrected chi connectivity index (χ4v) is 3.92. The summed E-state index contributed by atoms with van der Waals surface area (Å²) in [6.07, 6.45) is -10.7. The lowest BCUT2D eigenvalue weighted by molar-refractivity contribution is -0.160. The van der Waals surface area contributed by atoms with E-state index in [0.717, 1.165) is 4.90 Å². The van der Waals surface area contributed by atoms with Crippen LogP contribution in [-0.2, 0) is 28.7 Å². The van der Waals surface area contributed by atoms with Crippen LogP contribution in [0.4, 0.5) is 9.59 Å². The molecule has 0 aromatic carbocycles. The first-order valence-corrected chi connectivity index (χ1v) is 14.7. The highest BCUT2D eigenvalue weighted by molar-refractivity contribution is 5.83. The summed E-state index contributed by atoms with van der Waals surface area (Å²) in [6.45, 7) is 9.39. The number of carboxylic acid groups (broad SMARTS) is 2. The highest BCUT2D eigenvalue weighted by Crippen LogP contribution is 2.14. The van der Waals surface area contributed by atoms with Gasteiger partial charge in [-0.3, -0.25) is 9.59 Å². The second kappa shape index (κ2) is 19.0. The third kappa shape index (κ3) is 17.1. The van der Waals surface area contributed by atoms with E-state index in [0.29, 0.717) is 0 Å². The van der Waals surface area contributed by atoms with Gasteiger partial charge in [0.05, 0.1) is 0 Å². The largest absolute Gasteiger partial charge is 0.480 e. The summed E-state index contributed by atoms with van der Waals surface area (Å²) in [7, 11) is 0. The molecule has 0 saturated heterocycles. The fourth-order valence-electron chi connectivity index (χ4n) is 3.92. The monoisotopic (exact) mass is 666 g/mol. The Bertz CT molecular complexity index is 986. The predicted octanol–water partition coefficient (Wildman–Crippen LogP) is -0.960. The van der Waals surface area contributed by atoms with E-state index in [9.17, 15) is 59.4 Å². The molecule has 46 heavy (non-hydrogen) atoms. The van der Waals surface area contributed by atoms with E-state index < -0.39 is 83.6 Å². The van der Waals surface area contributed by atoms with Crippen molar-refractivity contribution in [1.29, 1.82) is 0 Å². The van der Waals surface area contributed by atoms with Gasteiger partial charge in [-0.25, -0.2) is 19.2 Å². The van der Waals surface area contributed by atoms with E-state index in [2.05, 4.69) is 10.6 Å². The SMILES string of the molecule is CC(C)(C)OC(=O)N[C@@H](CCCCN(CCCC[C@H](NC(=O)OC(C)(C)C)C(=O)O)C(=O)[C@H](O)[C@@H](O)[C@H](O)[C@H](O)C(N)=O)C(=O)O. The molecule has 0 unspecified atom stereocenters. The van der Waals surface area contributed by atoms with Crippen LogP contribution in [0.1, 0.15) is 80.1 Å². The minimum absolute atomic E-state index is 0.0675. The molecule has 0 fully saturated rings. The summed E-state index contributed by atoms with van der Waals surface area (Å²) < 4.78 is 10.1. The van der Waals surface area contributed by atoms with Crippen LogP contribution in [0, 0.1) is 0 Å². The van der Waals surface area contributed by atoms with E-state index in [1.807, 2.05) is 0 Å². The third-order valence-electron chi connectivity index (χ3n) is 6.17. The first-order valence-electron chi connectivity index (χ1n) is 14.7. The second-order valence-corrected chi connectivity index (χ2v) is 12.7. The number of aliphatic hydroxyl groups excluding tert-OH is 4. The maximum absolute atomic E-state index is 13.1. The zero-order chi connectivity index (χ0) is 36.0. The molecule has 0 bridgehead atoms. The highest BCUT2D eigenvalue weighted by Gasteiger charge is 2.38. The van der Waals surface area contributed by atoms with Gasteiger partial charge in [0.15, 0.2) is 12.2 Å². The lowest BCUT2D eigenvalue weighted by Gasteiger charge is -2.30. The number of hydrogen-bond acceptors (Lipinski definition) is 12. The molecule has 0 radical (unpaired) electrons. The number of alkyl carbamates (subject to hydrolysis) is 2. The number of aliphatic hydroxyl groups is 4. The number of hydrogen-bond donors (Lipinski definition) is 9. The number of aliphatic carboxylic acids is 2. The average Bonchev–Trinajstić information content (AvgIpc) is 2.90. The van der Waals surface area contributed by atoms with Gasteiger partial charge in [-0.2, -0.15) is 0 Å². The maximum Gasteiger partial charge on any atom is 0.408 e. The summed E-state index contributed by atoms with van der Waals surface area (Å²) in [6, 6.07) is -2.63. The van der Waals surface area contributed by atoms with Crippen LogP contribution < -0.4 is 16.4 Å². The summed E-state index contributed by atoms with van der Waals surface area (Å²) >= 11 is 0. The van der Waals surface area contributed by atoms with Gasteiger partial charge in [-0.05, 0) is 80.1 Å². The Labute approximate surface area is 267 Å². The third-order valence-corrected chi connectivity index (χ3v) is 6.17. The normalized spacial score (nSPS) is 15.7. The highest BCUT2D eigenvalue weighted by atomic mass is 16.6. The Balaban J connectivity index is 5.50. The number of carbonyl (C=O) groups excluding carboxylic acids is 4. The Morgan fingerprint density at radius 3 is 1.30 bits per heavy atom. The quantitative estimate of drug-likeness (QED) is 0.0751. The van der Waals surface area contributed by atoms with Crippen molar-refractivity contribution in [1.82, 2.24) is 15.5 Å². The van der Waals surface area contributed by atoms with E-state index in [-0.39, 0.29) is 51.6 Å². The summed E-state index contributed by atoms with van der Waals surface area (Å²) in [4.78, 5) is 72.6. The number of ether oxygens (including phenoxy) is 2. The van der Waals surface area contributed by atoms with Gasteiger partial charge in [0.25, 0.3) is 5.91 Å². The smallest absolute Gasteiger partial charge is 0.408 e. The minimum atomic E-state index is -2.32. The van der Waals surface area contributed by atoms with E-state index in [1.54, 1.807) is 41.5 Å². The van der Waals surface area contributed by atoms with Crippen LogP contribution in [0.3, 0.4) is 0 Å². The van der Waals surface area contributed by atoms with Crippen molar-refractivity contribution in [3.8, 4) is 0 Å². The molecule has 0 heterocycles. The lowest BCUT2D eigenvalue weighted by Crippen LogP contribution is -2.54. The molecule has 0 rings (SSSR count). The van der Waals surface area contributed by atoms with Gasteiger partial charge in [0.2, 0.25) is 5.91 Å². The number of carboxylic acids is 2. The maximum atomic E-state index is 13.1. The Kier molecular flexibility index (Phi) is 17.5. The molecule has 0 aromatic heterocycles. The molecule has 4 amide bonds. The first-order chi connectivity index (χ1) is 21.0. The van der Waals surface area contributed by atoms with Crippen LogP contribution in [0.25, 0.3) is 0 Å². The molecule has 10 N–H and O–H groups in total. The van der Waals surface area contributed by atoms with Gasteiger partial charge in [-0.15, -0.1) is 0 Å². The van der Waals surface area contributed by atoms with E-state index in [1.165, 1.54) is 0 Å². The first kappa shape index (κ1) is 42.3. The zero-order valence-electron chi connectivity index (χ0n) is 27.1. The standard InChI is InChI=1S/C28H50N4O14/c1-27(2,3)45-25(43)30-15(23(39)40)11-7-9-13-32(22(38)20(36)18(34)17(33)19(35)21(29)37)14-10-8-12-16(24(41)42)31-26(44)46-28(4,5)6/h15-20,33-36H,7-14H2,1-6H3,(H2,29,37)(H,30,43)(H,31,44)(H,39,40)(H,41,42)/t15-,16-,17-,18-,19-,20+/m0/s1. The minimum Gasteiger partial charge on any atom is -0.480 e. The number of nitrogens with one attached hydrogen (secondary N) is 2. The topological polar surface area (TPSA) is 296 Å². The van der Waals surface area contributed by atoms with Gasteiger partial charge in [-0.1, -0.05) is 0 Å². The summed E-state index contributed by atoms with van der Waals surface area (Å²) in [5.41, 5.74) is 3.17. The molecule has 0 aliphatic rings. The molecular weight excluding hydrogens is 616 g/mol. The zero-order valence-corrected chi connectivity index (χ0v) is 27.1. The fraction of sp³-hybridized carbons (Fsp3) is 0.786. The number of unbranched alkanes of at least 4 members (excludes halogenated alkanes) is 2. The Hall–Kier alpha value is -3.74. The number of amides is 4. The van der Waals surface area contributed by atoms with E-state index >= 15 is 0 Å². The number of nitrogens with two attached hydrogens (primary N) is 1. The predicted molar refractivity (Wildman–Crippen MR) is 159 cm³/mol. The lowest BCUT2D eigenvalue weighted by atomic mass is 10.0. The Morgan fingerprint density at radius 1 is 0.652 bits per heavy atom. The Morgan fingerprint density at radius 2 is 1.00 bits per heavy atom. The molecule has 266 valence electrons. The number of primary amides is 1. The molecule has 0 aromatic rings. The number of nitrogens with zero attached hydrogens (tertiary/aromatic N) is 1. The number of rotatable bonds is 19. The summed E-state index contributed by atoms with van der Waals surface area (Å²) in [5.74, 6) is -5.19. The molecule has 18 heteroatoms. The van der Waals surface area contributed by atoms with Crippen LogP contribution in [0.15, 0.2) is 0 Å². The summed E-state index contributed by atoms with van der Waals surface area (Å²) in [5, 5.41) is 63.7. The van der Waals surface area contributed by atoms with Crippen molar-refractivity contribution >= 4 is 35.9 Å². The van der Waals surface area contributed by atoms with Crippen molar-refractivity contribution in [2.75, 3.05) is 13.1 Å². The van der Waals surface area contributed by atoms with Crippen LogP contribution in [0.5, 0.6) is 0 Å². The van der Waals surface area contributed by atoms with Gasteiger partial charge in [0.1, 0.15) is 35.5 Å². The molecule has 6 atom stereocenters. The van der Waals surface area contributed by atoms with Crippen molar-refractivity contribution in [3.05, 3.63) is 0 Å². The number of carbonyl (C=O) groups is 6. The van der Waals surface area contributed by atoms with Crippen molar-refractivity contribution in [2.24, 2.45) is 5.73 Å². The molecule has 0 spiro atoms. The van der Waals surface area contributed by atoms with Crippen molar-refractivity contribution < 1.29 is 68.9 Å². The molecule has 18 nitrogen and oxygen atoms in total. The van der Waals surface area contributed by atoms with E-state index in [4.69, 9.17) is 15.2 Å². The van der Waals surface area contributed by atoms with Gasteiger partial charge in [0, 0.05) is 13.1 Å². The van der Waals surface area contributed by atoms with Gasteiger partial charge < -0.3 is 61.4 Å².